The van der Waals surface area contributed by atoms with Crippen molar-refractivity contribution in [2.24, 2.45) is 7.05 Å². The van der Waals surface area contributed by atoms with Crippen LogP contribution in [-0.2, 0) is 18.9 Å². The predicted molar refractivity (Wildman–Crippen MR) is 105 cm³/mol. The third-order valence-electron chi connectivity index (χ3n) is 6.43. The Morgan fingerprint density at radius 1 is 1.14 bits per heavy atom. The number of piperidine rings is 1. The van der Waals surface area contributed by atoms with E-state index in [2.05, 4.69) is 15.0 Å². The minimum absolute atomic E-state index is 0.00190. The lowest BCUT2D eigenvalue weighted by molar-refractivity contribution is 0.0658. The van der Waals surface area contributed by atoms with Crippen molar-refractivity contribution in [3.8, 4) is 0 Å². The zero-order valence-corrected chi connectivity index (χ0v) is 16.2. The first kappa shape index (κ1) is 17.2. The number of fused-ring (bicyclic) bond motifs is 3. The van der Waals surface area contributed by atoms with E-state index in [0.717, 1.165) is 48.0 Å². The van der Waals surface area contributed by atoms with Crippen molar-refractivity contribution in [2.75, 3.05) is 13.1 Å². The minimum atomic E-state index is -0.0688. The van der Waals surface area contributed by atoms with E-state index in [1.807, 2.05) is 47.8 Å². The lowest BCUT2D eigenvalue weighted by atomic mass is 9.76. The molecule has 0 saturated carbocycles. The summed E-state index contributed by atoms with van der Waals surface area (Å²) in [5.74, 6) is 0.648. The first-order chi connectivity index (χ1) is 13.5. The molecule has 7 nitrogen and oxygen atoms in total. The van der Waals surface area contributed by atoms with Crippen LogP contribution in [0.5, 0.6) is 0 Å². The summed E-state index contributed by atoms with van der Waals surface area (Å²) in [5.41, 5.74) is 3.04. The van der Waals surface area contributed by atoms with Gasteiger partial charge in [0.2, 0.25) is 0 Å². The highest BCUT2D eigenvalue weighted by Crippen LogP contribution is 2.44. The second kappa shape index (κ2) is 6.02. The van der Waals surface area contributed by atoms with Crippen LogP contribution in [0.4, 0.5) is 0 Å². The van der Waals surface area contributed by atoms with Crippen molar-refractivity contribution in [3.63, 3.8) is 0 Å². The molecule has 2 aliphatic rings. The highest BCUT2D eigenvalue weighted by molar-refractivity contribution is 5.94. The summed E-state index contributed by atoms with van der Waals surface area (Å²) in [6, 6.07) is 5.76. The number of nitrogens with zero attached hydrogens (tertiary/aromatic N) is 4. The average molecular weight is 377 g/mol. The summed E-state index contributed by atoms with van der Waals surface area (Å²) >= 11 is 0. The number of hydrogen-bond acceptors (Lipinski definition) is 4. The largest absolute Gasteiger partial charge is 0.337 e. The first-order valence-electron chi connectivity index (χ1n) is 9.78. The molecule has 0 unspecified atom stereocenters. The molecule has 0 aromatic carbocycles. The van der Waals surface area contributed by atoms with Crippen molar-refractivity contribution in [2.45, 2.75) is 38.0 Å². The van der Waals surface area contributed by atoms with E-state index in [4.69, 9.17) is 0 Å². The fourth-order valence-corrected chi connectivity index (χ4v) is 4.80. The Morgan fingerprint density at radius 3 is 2.71 bits per heavy atom. The Labute approximate surface area is 162 Å². The second-order valence-corrected chi connectivity index (χ2v) is 8.09. The van der Waals surface area contributed by atoms with Gasteiger partial charge in [-0.25, -0.2) is 9.97 Å². The van der Waals surface area contributed by atoms with Crippen molar-refractivity contribution in [3.05, 3.63) is 57.5 Å². The zero-order valence-electron chi connectivity index (χ0n) is 16.2. The maximum atomic E-state index is 13.0. The smallest absolute Gasteiger partial charge is 0.272 e. The summed E-state index contributed by atoms with van der Waals surface area (Å²) in [6.45, 7) is 3.16. The summed E-state index contributed by atoms with van der Waals surface area (Å²) in [7, 11) is 1.93. The molecule has 28 heavy (non-hydrogen) atoms. The topological polar surface area (TPSA) is 83.9 Å². The number of rotatable bonds is 1. The number of carbonyl (C=O) groups excluding carboxylic acids is 1. The quantitative estimate of drug-likeness (QED) is 0.704. The number of hydrogen-bond donors (Lipinski definition) is 1. The number of aryl methyl sites for hydroxylation is 2. The van der Waals surface area contributed by atoms with Gasteiger partial charge in [0, 0.05) is 42.7 Å². The van der Waals surface area contributed by atoms with Gasteiger partial charge in [-0.05, 0) is 50.8 Å². The number of likely N-dealkylation sites (tertiary alicyclic amines) is 1. The number of carbonyl (C=O) groups is 1. The summed E-state index contributed by atoms with van der Waals surface area (Å²) in [6.07, 6.45) is 5.35. The summed E-state index contributed by atoms with van der Waals surface area (Å²) in [4.78, 5) is 39.2. The molecule has 1 spiro atoms. The fourth-order valence-electron chi connectivity index (χ4n) is 4.80. The molecule has 144 valence electrons. The molecule has 1 fully saturated rings. The van der Waals surface area contributed by atoms with Crippen molar-refractivity contribution in [1.29, 1.82) is 0 Å². The first-order valence-corrected chi connectivity index (χ1v) is 9.78. The van der Waals surface area contributed by atoms with Crippen LogP contribution in [0.25, 0.3) is 11.0 Å². The SMILES string of the molecule is Cc1nc2c(c(=O)[nH]1)CCC21CCN(C(=O)c2ccc3ccn(C)c3n2)CC1. The third-order valence-corrected chi connectivity index (χ3v) is 6.43. The van der Waals surface area contributed by atoms with Gasteiger partial charge >= 0.3 is 0 Å². The van der Waals surface area contributed by atoms with Crippen molar-refractivity contribution >= 4 is 16.9 Å². The van der Waals surface area contributed by atoms with Gasteiger partial charge in [0.25, 0.3) is 11.5 Å². The Kier molecular flexibility index (Phi) is 3.69. The van der Waals surface area contributed by atoms with E-state index in [1.54, 1.807) is 0 Å². The Bertz CT molecular complexity index is 1150. The van der Waals surface area contributed by atoms with Crippen molar-refractivity contribution in [1.82, 2.24) is 24.4 Å². The van der Waals surface area contributed by atoms with Gasteiger partial charge in [-0.1, -0.05) is 0 Å². The molecule has 3 aromatic rings. The van der Waals surface area contributed by atoms with Crippen LogP contribution >= 0.6 is 0 Å². The van der Waals surface area contributed by atoms with Gasteiger partial charge in [-0.2, -0.15) is 0 Å². The molecular weight excluding hydrogens is 354 g/mol. The number of aromatic nitrogens is 4. The fraction of sp³-hybridized carbons (Fsp3) is 0.429. The number of pyridine rings is 1. The van der Waals surface area contributed by atoms with Crippen molar-refractivity contribution < 1.29 is 4.79 Å². The zero-order chi connectivity index (χ0) is 19.5. The van der Waals surface area contributed by atoms with Crippen LogP contribution in [0.3, 0.4) is 0 Å². The molecule has 0 atom stereocenters. The Hall–Kier alpha value is -2.96. The predicted octanol–water partition coefficient (Wildman–Crippen LogP) is 2.09. The van der Waals surface area contributed by atoms with E-state index < -0.39 is 0 Å². The second-order valence-electron chi connectivity index (χ2n) is 8.09. The number of H-pyrrole nitrogens is 1. The summed E-state index contributed by atoms with van der Waals surface area (Å²) < 4.78 is 1.93. The molecule has 1 aliphatic carbocycles. The Balaban J connectivity index is 1.38. The van der Waals surface area contributed by atoms with Gasteiger partial charge in [0.1, 0.15) is 17.2 Å². The number of nitrogens with one attached hydrogen (secondary N) is 1. The molecule has 5 rings (SSSR count). The average Bonchev–Trinajstić information content (AvgIpc) is 3.23. The van der Waals surface area contributed by atoms with Crippen LogP contribution in [0.2, 0.25) is 0 Å². The highest BCUT2D eigenvalue weighted by atomic mass is 16.2. The monoisotopic (exact) mass is 377 g/mol. The summed E-state index contributed by atoms with van der Waals surface area (Å²) in [5, 5.41) is 1.03. The van der Waals surface area contributed by atoms with Crippen LogP contribution in [-0.4, -0.2) is 43.4 Å². The number of aromatic amines is 1. The third kappa shape index (κ3) is 2.49. The lowest BCUT2D eigenvalue weighted by Gasteiger charge is -2.39. The number of amides is 1. The van der Waals surface area contributed by atoms with Crippen LogP contribution < -0.4 is 5.56 Å². The van der Waals surface area contributed by atoms with Gasteiger partial charge < -0.3 is 14.5 Å². The normalized spacial score (nSPS) is 18.0. The molecule has 1 saturated heterocycles. The van der Waals surface area contributed by atoms with E-state index in [1.165, 1.54) is 0 Å². The van der Waals surface area contributed by atoms with Crippen LogP contribution in [0.1, 0.15) is 46.8 Å². The molecular formula is C21H23N5O2. The lowest BCUT2D eigenvalue weighted by Crippen LogP contribution is -2.45. The molecule has 1 aliphatic heterocycles. The standard InChI is InChI=1S/C21H23N5O2/c1-13-22-17-15(19(27)23-13)5-7-21(17)8-11-26(12-9-21)20(28)16-4-3-14-6-10-25(2)18(14)24-16/h3-4,6,10H,5,7-9,11-12H2,1-2H3,(H,22,23,27). The van der Waals surface area contributed by atoms with E-state index in [-0.39, 0.29) is 16.9 Å². The highest BCUT2D eigenvalue weighted by Gasteiger charge is 2.44. The Morgan fingerprint density at radius 2 is 1.93 bits per heavy atom. The maximum Gasteiger partial charge on any atom is 0.272 e. The van der Waals surface area contributed by atoms with Crippen LogP contribution in [0, 0.1) is 6.92 Å². The molecule has 3 aromatic heterocycles. The van der Waals surface area contributed by atoms with Gasteiger partial charge in [-0.3, -0.25) is 9.59 Å². The molecule has 1 amide bonds. The van der Waals surface area contributed by atoms with E-state index >= 15 is 0 Å². The van der Waals surface area contributed by atoms with Crippen LogP contribution in [0.15, 0.2) is 29.2 Å². The van der Waals surface area contributed by atoms with Gasteiger partial charge in [0.15, 0.2) is 0 Å². The molecule has 1 N–H and O–H groups in total. The molecule has 7 heteroatoms. The van der Waals surface area contributed by atoms with E-state index in [0.29, 0.717) is 24.6 Å². The molecule has 0 bridgehead atoms. The van der Waals surface area contributed by atoms with Gasteiger partial charge in [0.05, 0.1) is 5.69 Å². The van der Waals surface area contributed by atoms with Gasteiger partial charge in [-0.15, -0.1) is 0 Å². The molecule has 4 heterocycles. The molecule has 0 radical (unpaired) electrons. The maximum absolute atomic E-state index is 13.0. The van der Waals surface area contributed by atoms with E-state index in [9.17, 15) is 9.59 Å². The minimum Gasteiger partial charge on any atom is -0.337 e.